The lowest BCUT2D eigenvalue weighted by Gasteiger charge is -2.42. The first kappa shape index (κ1) is 18.2. The average molecular weight is 343 g/mol. The summed E-state index contributed by atoms with van der Waals surface area (Å²) in [6, 6.07) is 4.40. The Morgan fingerprint density at radius 2 is 2.04 bits per heavy atom. The van der Waals surface area contributed by atoms with Gasteiger partial charge in [-0.15, -0.1) is 12.4 Å². The van der Waals surface area contributed by atoms with Crippen molar-refractivity contribution in [3.05, 3.63) is 17.7 Å². The number of rotatable bonds is 3. The van der Waals surface area contributed by atoms with Crippen LogP contribution < -0.4 is 19.9 Å². The number of benzene rings is 1. The summed E-state index contributed by atoms with van der Waals surface area (Å²) in [7, 11) is 1.67. The summed E-state index contributed by atoms with van der Waals surface area (Å²) >= 11 is 0. The molecule has 1 unspecified atom stereocenters. The summed E-state index contributed by atoms with van der Waals surface area (Å²) in [4.78, 5) is 2.45. The topological polar surface area (TPSA) is 57.0 Å². The zero-order valence-corrected chi connectivity index (χ0v) is 14.9. The smallest absolute Gasteiger partial charge is 0.203 e. The van der Waals surface area contributed by atoms with Gasteiger partial charge in [0.2, 0.25) is 5.75 Å². The van der Waals surface area contributed by atoms with Crippen LogP contribution in [0.4, 0.5) is 0 Å². The zero-order valence-electron chi connectivity index (χ0n) is 14.1. The molecule has 2 aliphatic heterocycles. The zero-order chi connectivity index (χ0) is 15.7. The third-order valence-electron chi connectivity index (χ3n) is 4.69. The van der Waals surface area contributed by atoms with Crippen molar-refractivity contribution in [2.24, 2.45) is 11.1 Å². The number of hydrogen-bond donors (Lipinski definition) is 1. The second kappa shape index (κ2) is 7.16. The van der Waals surface area contributed by atoms with Crippen molar-refractivity contribution in [3.63, 3.8) is 0 Å². The van der Waals surface area contributed by atoms with Gasteiger partial charge >= 0.3 is 0 Å². The molecular formula is C17H27ClN2O3. The summed E-state index contributed by atoms with van der Waals surface area (Å²) in [6.07, 6.45) is 1.04. The van der Waals surface area contributed by atoms with Gasteiger partial charge in [-0.25, -0.2) is 0 Å². The molecule has 5 nitrogen and oxygen atoms in total. The predicted octanol–water partition coefficient (Wildman–Crippen LogP) is 2.45. The van der Waals surface area contributed by atoms with Gasteiger partial charge in [0.1, 0.15) is 13.2 Å². The van der Waals surface area contributed by atoms with E-state index in [0.717, 1.165) is 43.3 Å². The Balaban J connectivity index is 0.00000192. The molecular weight excluding hydrogens is 316 g/mol. The summed E-state index contributed by atoms with van der Waals surface area (Å²) in [5.41, 5.74) is 7.56. The fraction of sp³-hybridized carbons (Fsp3) is 0.647. The molecule has 23 heavy (non-hydrogen) atoms. The van der Waals surface area contributed by atoms with Crippen molar-refractivity contribution in [3.8, 4) is 17.2 Å². The summed E-state index contributed by atoms with van der Waals surface area (Å²) < 4.78 is 16.8. The molecule has 130 valence electrons. The van der Waals surface area contributed by atoms with Crippen LogP contribution in [-0.4, -0.2) is 44.4 Å². The van der Waals surface area contributed by atoms with Crippen LogP contribution >= 0.6 is 12.4 Å². The first-order chi connectivity index (χ1) is 10.5. The molecule has 0 saturated carbocycles. The molecule has 0 radical (unpaired) electrons. The molecule has 1 saturated heterocycles. The third-order valence-corrected chi connectivity index (χ3v) is 4.69. The highest BCUT2D eigenvalue weighted by Crippen LogP contribution is 2.41. The lowest BCUT2D eigenvalue weighted by molar-refractivity contribution is 0.0895. The number of nitrogens with zero attached hydrogens (tertiary/aromatic N) is 1. The monoisotopic (exact) mass is 342 g/mol. The molecule has 1 atom stereocenters. The maximum Gasteiger partial charge on any atom is 0.203 e. The quantitative estimate of drug-likeness (QED) is 0.914. The van der Waals surface area contributed by atoms with Gasteiger partial charge in [-0.2, -0.15) is 0 Å². The number of hydrogen-bond acceptors (Lipinski definition) is 5. The van der Waals surface area contributed by atoms with E-state index in [1.807, 2.05) is 0 Å². The number of likely N-dealkylation sites (tertiary alicyclic amines) is 1. The normalized spacial score (nSPS) is 23.0. The van der Waals surface area contributed by atoms with Crippen LogP contribution in [0.1, 0.15) is 25.8 Å². The van der Waals surface area contributed by atoms with Crippen LogP contribution in [0.2, 0.25) is 0 Å². The number of methoxy groups -OCH3 is 1. The second-order valence-corrected chi connectivity index (χ2v) is 6.92. The van der Waals surface area contributed by atoms with Crippen molar-refractivity contribution in [2.75, 3.05) is 33.4 Å². The first-order valence-corrected chi connectivity index (χ1v) is 7.94. The van der Waals surface area contributed by atoms with Crippen molar-refractivity contribution < 1.29 is 14.2 Å². The Morgan fingerprint density at radius 3 is 2.74 bits per heavy atom. The van der Waals surface area contributed by atoms with E-state index in [1.54, 1.807) is 7.11 Å². The van der Waals surface area contributed by atoms with E-state index in [4.69, 9.17) is 19.9 Å². The molecule has 1 aromatic carbocycles. The van der Waals surface area contributed by atoms with Gasteiger partial charge in [0, 0.05) is 25.7 Å². The molecule has 2 N–H and O–H groups in total. The van der Waals surface area contributed by atoms with E-state index >= 15 is 0 Å². The number of fused-ring (bicyclic) bond motifs is 1. The summed E-state index contributed by atoms with van der Waals surface area (Å²) in [5.74, 6) is 2.26. The minimum absolute atomic E-state index is 0. The average Bonchev–Trinajstić information content (AvgIpc) is 2.50. The van der Waals surface area contributed by atoms with Crippen molar-refractivity contribution in [1.29, 1.82) is 0 Å². The van der Waals surface area contributed by atoms with Crippen molar-refractivity contribution in [2.45, 2.75) is 32.9 Å². The second-order valence-electron chi connectivity index (χ2n) is 6.92. The molecule has 0 bridgehead atoms. The molecule has 2 aliphatic rings. The lowest BCUT2D eigenvalue weighted by atomic mass is 9.79. The van der Waals surface area contributed by atoms with Crippen LogP contribution in [0.15, 0.2) is 12.1 Å². The van der Waals surface area contributed by atoms with Crippen LogP contribution in [0, 0.1) is 5.41 Å². The highest BCUT2D eigenvalue weighted by molar-refractivity contribution is 5.85. The number of ether oxygens (including phenoxy) is 3. The van der Waals surface area contributed by atoms with Crippen molar-refractivity contribution in [1.82, 2.24) is 4.90 Å². The minimum atomic E-state index is 0. The Hall–Kier alpha value is -1.17. The minimum Gasteiger partial charge on any atom is -0.493 e. The van der Waals surface area contributed by atoms with Gasteiger partial charge in [0.25, 0.3) is 0 Å². The molecule has 1 aromatic rings. The first-order valence-electron chi connectivity index (χ1n) is 7.94. The molecule has 3 rings (SSSR count). The molecule has 1 fully saturated rings. The van der Waals surface area contributed by atoms with Gasteiger partial charge in [-0.05, 0) is 29.5 Å². The fourth-order valence-electron chi connectivity index (χ4n) is 3.30. The van der Waals surface area contributed by atoms with E-state index in [0.29, 0.717) is 13.2 Å². The lowest BCUT2D eigenvalue weighted by Crippen LogP contribution is -2.52. The standard InChI is InChI=1S/C17H26N2O3.ClH/c1-17(2)11-19(5-4-15(17)18)10-12-8-13(20-3)16-14(9-12)21-6-7-22-16;/h8-9,15H,4-7,10-11,18H2,1-3H3;1H. The van der Waals surface area contributed by atoms with Crippen LogP contribution in [0.5, 0.6) is 17.2 Å². The van der Waals surface area contributed by atoms with Crippen LogP contribution in [0.3, 0.4) is 0 Å². The maximum atomic E-state index is 6.22. The highest BCUT2D eigenvalue weighted by atomic mass is 35.5. The number of nitrogens with two attached hydrogens (primary N) is 1. The van der Waals surface area contributed by atoms with Crippen molar-refractivity contribution >= 4 is 12.4 Å². The van der Waals surface area contributed by atoms with Crippen LogP contribution in [0.25, 0.3) is 0 Å². The van der Waals surface area contributed by atoms with E-state index < -0.39 is 0 Å². The largest absolute Gasteiger partial charge is 0.493 e. The molecule has 0 amide bonds. The molecule has 0 aromatic heterocycles. The predicted molar refractivity (Wildman–Crippen MR) is 92.9 cm³/mol. The summed E-state index contributed by atoms with van der Waals surface area (Å²) in [6.45, 7) is 8.56. The van der Waals surface area contributed by atoms with Gasteiger partial charge < -0.3 is 19.9 Å². The van der Waals surface area contributed by atoms with Crippen LogP contribution in [-0.2, 0) is 6.54 Å². The van der Waals surface area contributed by atoms with Gasteiger partial charge in [0.15, 0.2) is 11.5 Å². The Morgan fingerprint density at radius 1 is 1.30 bits per heavy atom. The molecule has 0 aliphatic carbocycles. The van der Waals surface area contributed by atoms with Gasteiger partial charge in [-0.3, -0.25) is 4.90 Å². The fourth-order valence-corrected chi connectivity index (χ4v) is 3.30. The Kier molecular flexibility index (Phi) is 5.65. The molecule has 2 heterocycles. The number of halogens is 1. The summed E-state index contributed by atoms with van der Waals surface area (Å²) in [5, 5.41) is 0. The molecule has 6 heteroatoms. The number of piperidine rings is 1. The SMILES string of the molecule is COc1cc(CN2CCC(N)C(C)(C)C2)cc2c1OCCO2.Cl. The Labute approximate surface area is 144 Å². The molecule has 0 spiro atoms. The van der Waals surface area contributed by atoms with E-state index in [9.17, 15) is 0 Å². The third kappa shape index (κ3) is 3.84. The highest BCUT2D eigenvalue weighted by Gasteiger charge is 2.33. The van der Waals surface area contributed by atoms with E-state index in [-0.39, 0.29) is 23.9 Å². The van der Waals surface area contributed by atoms with E-state index in [2.05, 4.69) is 30.9 Å². The van der Waals surface area contributed by atoms with Gasteiger partial charge in [0.05, 0.1) is 7.11 Å². The van der Waals surface area contributed by atoms with E-state index in [1.165, 1.54) is 5.56 Å². The Bertz CT molecular complexity index is 534. The van der Waals surface area contributed by atoms with Gasteiger partial charge in [-0.1, -0.05) is 13.8 Å². The maximum absolute atomic E-state index is 6.22.